The summed E-state index contributed by atoms with van der Waals surface area (Å²) in [6.07, 6.45) is 0. The van der Waals surface area contributed by atoms with Gasteiger partial charge in [-0.25, -0.2) is 8.42 Å². The Morgan fingerprint density at radius 1 is 1.35 bits per heavy atom. The van der Waals surface area contributed by atoms with Crippen LogP contribution in [0.15, 0.2) is 29.2 Å². The lowest BCUT2D eigenvalue weighted by atomic mass is 10.2. The molecule has 5 nitrogen and oxygen atoms in total. The number of morpholine rings is 1. The number of benzene rings is 1. The van der Waals surface area contributed by atoms with E-state index in [1.54, 1.807) is 24.3 Å². The van der Waals surface area contributed by atoms with Crippen LogP contribution in [0.1, 0.15) is 12.5 Å². The molecule has 0 amide bonds. The Labute approximate surface area is 120 Å². The highest BCUT2D eigenvalue weighted by atomic mass is 32.2. The second-order valence-electron chi connectivity index (χ2n) is 5.13. The van der Waals surface area contributed by atoms with E-state index in [0.29, 0.717) is 31.2 Å². The predicted octanol–water partition coefficient (Wildman–Crippen LogP) is 0.640. The minimum atomic E-state index is -3.23. The average molecular weight is 298 g/mol. The zero-order valence-electron chi connectivity index (χ0n) is 11.8. The number of hydrogen-bond donors (Lipinski definition) is 1. The molecule has 0 aliphatic carbocycles. The van der Waals surface area contributed by atoms with Crippen molar-refractivity contribution >= 4 is 9.84 Å². The third-order valence-corrected chi connectivity index (χ3v) is 5.38. The molecule has 0 radical (unpaired) electrons. The van der Waals surface area contributed by atoms with Gasteiger partial charge in [-0.2, -0.15) is 0 Å². The molecule has 1 aliphatic rings. The summed E-state index contributed by atoms with van der Waals surface area (Å²) >= 11 is 0. The summed E-state index contributed by atoms with van der Waals surface area (Å²) in [5, 5.41) is 0. The van der Waals surface area contributed by atoms with Gasteiger partial charge in [0.05, 0.1) is 23.9 Å². The fraction of sp³-hybridized carbons (Fsp3) is 0.571. The van der Waals surface area contributed by atoms with Gasteiger partial charge in [-0.15, -0.1) is 0 Å². The molecule has 1 aromatic carbocycles. The van der Waals surface area contributed by atoms with Crippen LogP contribution >= 0.6 is 0 Å². The number of nitrogens with zero attached hydrogens (tertiary/aromatic N) is 1. The summed E-state index contributed by atoms with van der Waals surface area (Å²) in [6, 6.07) is 7.09. The highest BCUT2D eigenvalue weighted by molar-refractivity contribution is 7.91. The summed E-state index contributed by atoms with van der Waals surface area (Å²) in [5.41, 5.74) is 6.45. The van der Waals surface area contributed by atoms with Crippen LogP contribution in [0.5, 0.6) is 0 Å². The average Bonchev–Trinajstić information content (AvgIpc) is 2.46. The fourth-order valence-corrected chi connectivity index (χ4v) is 3.54. The van der Waals surface area contributed by atoms with E-state index in [4.69, 9.17) is 10.5 Å². The molecule has 1 atom stereocenters. The van der Waals surface area contributed by atoms with Gasteiger partial charge in [0.1, 0.15) is 0 Å². The first-order chi connectivity index (χ1) is 9.53. The minimum absolute atomic E-state index is 0.138. The Morgan fingerprint density at radius 3 is 2.65 bits per heavy atom. The Hall–Kier alpha value is -0.950. The van der Waals surface area contributed by atoms with Crippen molar-refractivity contribution in [3.05, 3.63) is 29.8 Å². The first-order valence-corrected chi connectivity index (χ1v) is 8.52. The number of rotatable bonds is 5. The largest absolute Gasteiger partial charge is 0.379 e. The predicted molar refractivity (Wildman–Crippen MR) is 78.2 cm³/mol. The topological polar surface area (TPSA) is 72.6 Å². The van der Waals surface area contributed by atoms with Crippen LogP contribution in [0.3, 0.4) is 0 Å². The monoisotopic (exact) mass is 298 g/mol. The van der Waals surface area contributed by atoms with Gasteiger partial charge in [0, 0.05) is 25.7 Å². The smallest absolute Gasteiger partial charge is 0.179 e. The maximum Gasteiger partial charge on any atom is 0.179 e. The van der Waals surface area contributed by atoms with E-state index in [9.17, 15) is 8.42 Å². The molecule has 0 bridgehead atoms. The highest BCUT2D eigenvalue weighted by Crippen LogP contribution is 2.14. The third kappa shape index (κ3) is 3.79. The Balaban J connectivity index is 1.99. The third-order valence-electron chi connectivity index (χ3n) is 3.67. The van der Waals surface area contributed by atoms with E-state index < -0.39 is 9.84 Å². The van der Waals surface area contributed by atoms with Crippen molar-refractivity contribution in [1.29, 1.82) is 0 Å². The Morgan fingerprint density at radius 2 is 2.05 bits per heavy atom. The van der Waals surface area contributed by atoms with E-state index >= 15 is 0 Å². The molecular weight excluding hydrogens is 276 g/mol. The van der Waals surface area contributed by atoms with Crippen molar-refractivity contribution in [2.24, 2.45) is 5.73 Å². The summed E-state index contributed by atoms with van der Waals surface area (Å²) in [5.74, 6) is 0.138. The molecule has 1 saturated heterocycles. The number of nitrogens with two attached hydrogens (primary N) is 1. The second-order valence-corrected chi connectivity index (χ2v) is 7.24. The van der Waals surface area contributed by atoms with Crippen LogP contribution in [0, 0.1) is 0 Å². The minimum Gasteiger partial charge on any atom is -0.379 e. The lowest BCUT2D eigenvalue weighted by Gasteiger charge is -2.32. The molecule has 1 unspecified atom stereocenters. The van der Waals surface area contributed by atoms with Gasteiger partial charge in [0.2, 0.25) is 0 Å². The van der Waals surface area contributed by atoms with Crippen molar-refractivity contribution < 1.29 is 13.2 Å². The standard InChI is InChI=1S/C14H22N2O3S/c1-12-11-19-8-6-16(12)7-9-20(17,18)14-4-2-13(10-15)3-5-14/h2-5,12H,6-11,15H2,1H3. The number of hydrogen-bond acceptors (Lipinski definition) is 5. The van der Waals surface area contributed by atoms with E-state index in [1.807, 2.05) is 0 Å². The van der Waals surface area contributed by atoms with Crippen molar-refractivity contribution in [1.82, 2.24) is 4.90 Å². The summed E-state index contributed by atoms with van der Waals surface area (Å²) in [4.78, 5) is 2.53. The first kappa shape index (κ1) is 15.4. The van der Waals surface area contributed by atoms with E-state index in [1.165, 1.54) is 0 Å². The molecule has 0 aromatic heterocycles. The van der Waals surface area contributed by atoms with Gasteiger partial charge >= 0.3 is 0 Å². The quantitative estimate of drug-likeness (QED) is 0.863. The number of ether oxygens (including phenoxy) is 1. The molecule has 1 aliphatic heterocycles. The van der Waals surface area contributed by atoms with Gasteiger partial charge in [-0.3, -0.25) is 4.90 Å². The van der Waals surface area contributed by atoms with Crippen LogP contribution in [-0.4, -0.2) is 51.4 Å². The molecule has 0 saturated carbocycles. The molecule has 0 spiro atoms. The second kappa shape index (κ2) is 6.67. The molecule has 1 fully saturated rings. The van der Waals surface area contributed by atoms with Gasteiger partial charge in [0.15, 0.2) is 9.84 Å². The van der Waals surface area contributed by atoms with Gasteiger partial charge < -0.3 is 10.5 Å². The maximum absolute atomic E-state index is 12.3. The van der Waals surface area contributed by atoms with Crippen LogP contribution < -0.4 is 5.73 Å². The summed E-state index contributed by atoms with van der Waals surface area (Å²) in [7, 11) is -3.23. The highest BCUT2D eigenvalue weighted by Gasteiger charge is 2.22. The zero-order chi connectivity index (χ0) is 14.6. The molecule has 2 N–H and O–H groups in total. The Bertz CT molecular complexity index is 528. The van der Waals surface area contributed by atoms with Crippen LogP contribution in [0.4, 0.5) is 0 Å². The molecular formula is C14H22N2O3S. The number of sulfone groups is 1. The van der Waals surface area contributed by atoms with Gasteiger partial charge in [0.25, 0.3) is 0 Å². The normalized spacial score (nSPS) is 21.0. The lowest BCUT2D eigenvalue weighted by Crippen LogP contribution is -2.45. The van der Waals surface area contributed by atoms with Gasteiger partial charge in [-0.1, -0.05) is 12.1 Å². The van der Waals surface area contributed by atoms with Gasteiger partial charge in [-0.05, 0) is 24.6 Å². The SMILES string of the molecule is CC1COCCN1CCS(=O)(=O)c1ccc(CN)cc1. The molecule has 1 heterocycles. The van der Waals surface area contributed by atoms with E-state index in [0.717, 1.165) is 12.1 Å². The Kier molecular flexibility index (Phi) is 5.15. The van der Waals surface area contributed by atoms with Crippen molar-refractivity contribution in [3.8, 4) is 0 Å². The fourth-order valence-electron chi connectivity index (χ4n) is 2.28. The first-order valence-electron chi connectivity index (χ1n) is 6.86. The van der Waals surface area contributed by atoms with E-state index in [2.05, 4.69) is 11.8 Å². The molecule has 112 valence electrons. The van der Waals surface area contributed by atoms with Crippen LogP contribution in [0.2, 0.25) is 0 Å². The van der Waals surface area contributed by atoms with E-state index in [-0.39, 0.29) is 11.8 Å². The van der Waals surface area contributed by atoms with Crippen molar-refractivity contribution in [2.45, 2.75) is 24.4 Å². The van der Waals surface area contributed by atoms with Crippen LogP contribution in [0.25, 0.3) is 0 Å². The molecule has 6 heteroatoms. The lowest BCUT2D eigenvalue weighted by molar-refractivity contribution is 0.00280. The molecule has 1 aromatic rings. The summed E-state index contributed by atoms with van der Waals surface area (Å²) < 4.78 is 29.9. The summed E-state index contributed by atoms with van der Waals surface area (Å²) in [6.45, 7) is 5.17. The van der Waals surface area contributed by atoms with Crippen molar-refractivity contribution in [3.63, 3.8) is 0 Å². The maximum atomic E-state index is 12.3. The van der Waals surface area contributed by atoms with Crippen LogP contribution in [-0.2, 0) is 21.1 Å². The molecule has 2 rings (SSSR count). The van der Waals surface area contributed by atoms with Crippen molar-refractivity contribution in [2.75, 3.05) is 32.1 Å². The zero-order valence-corrected chi connectivity index (χ0v) is 12.6. The molecule has 20 heavy (non-hydrogen) atoms.